The second-order valence-electron chi connectivity index (χ2n) is 10.7. The number of pyridine rings is 4. The van der Waals surface area contributed by atoms with Crippen molar-refractivity contribution in [3.8, 4) is 22.8 Å². The molecule has 3 aliphatic rings. The summed E-state index contributed by atoms with van der Waals surface area (Å²) in [4.78, 5) is 9.77. The Labute approximate surface area is 220 Å². The van der Waals surface area contributed by atoms with Crippen LogP contribution >= 0.6 is 0 Å². The van der Waals surface area contributed by atoms with Crippen LogP contribution < -0.4 is 13.9 Å². The number of fused-ring (bicyclic) bond motifs is 9. The van der Waals surface area contributed by atoms with Crippen LogP contribution in [-0.4, -0.2) is 14.4 Å². The number of hydrogen-bond donors (Lipinski definition) is 0. The fraction of sp³-hybridized carbons (Fsp3) is 0.0303. The Kier molecular flexibility index (Phi) is 2.83. The summed E-state index contributed by atoms with van der Waals surface area (Å²) in [5, 5.41) is 3.33. The Morgan fingerprint density at radius 3 is 2.72 bits per heavy atom. The number of para-hydroxylation sites is 2. The van der Waals surface area contributed by atoms with Crippen LogP contribution in [0.1, 0.15) is 11.1 Å². The number of nitrogens with zero attached hydrogens (tertiary/aromatic N) is 5. The van der Waals surface area contributed by atoms with Gasteiger partial charge in [0.25, 0.3) is 0 Å². The third-order valence-electron chi connectivity index (χ3n) is 8.99. The number of imidazole rings is 1. The molecule has 0 aliphatic carbocycles. The van der Waals surface area contributed by atoms with Gasteiger partial charge in [0, 0.05) is 29.1 Å². The summed E-state index contributed by atoms with van der Waals surface area (Å²) in [5.74, 6) is 1.80. The molecule has 5 aromatic heterocycles. The summed E-state index contributed by atoms with van der Waals surface area (Å²) >= 11 is 0. The number of ether oxygens (including phenoxy) is 1. The standard InChI is InChI=1S/C33H17N5O/c1-2-11-23-22(10-1)37-24-17-18-7-6-15-34-31(18)35-30(24)20-13-14-26-29-27(20)32(37)38(23)33(29)28-19(8-5-12-25(28)39-26)21-9-3-4-16-36(21)33/h1-17H/q+2. The predicted molar refractivity (Wildman–Crippen MR) is 147 cm³/mol. The molecule has 0 amide bonds. The first-order chi connectivity index (χ1) is 19.4. The van der Waals surface area contributed by atoms with Crippen LogP contribution in [0.4, 0.5) is 0 Å². The molecule has 178 valence electrons. The van der Waals surface area contributed by atoms with E-state index in [1.165, 1.54) is 33.3 Å². The van der Waals surface area contributed by atoms with Crippen LogP contribution in [0.25, 0.3) is 60.8 Å². The van der Waals surface area contributed by atoms with Crippen LogP contribution in [0.15, 0.2) is 103 Å². The Morgan fingerprint density at radius 2 is 1.72 bits per heavy atom. The van der Waals surface area contributed by atoms with Gasteiger partial charge >= 0.3 is 11.3 Å². The van der Waals surface area contributed by atoms with Crippen molar-refractivity contribution in [2.24, 2.45) is 0 Å². The van der Waals surface area contributed by atoms with E-state index in [0.29, 0.717) is 0 Å². The lowest BCUT2D eigenvalue weighted by Crippen LogP contribution is -2.71. The van der Waals surface area contributed by atoms with Crippen molar-refractivity contribution >= 4 is 49.5 Å². The summed E-state index contributed by atoms with van der Waals surface area (Å²) < 4.78 is 14.1. The minimum atomic E-state index is -0.610. The summed E-state index contributed by atoms with van der Waals surface area (Å²) in [6, 6.07) is 32.3. The van der Waals surface area contributed by atoms with Gasteiger partial charge in [-0.05, 0) is 60.7 Å². The minimum absolute atomic E-state index is 0.610. The highest BCUT2D eigenvalue weighted by Gasteiger charge is 2.68. The van der Waals surface area contributed by atoms with Crippen molar-refractivity contribution in [2.75, 3.05) is 0 Å². The van der Waals surface area contributed by atoms with Gasteiger partial charge in [0.05, 0.1) is 10.9 Å². The molecule has 0 saturated carbocycles. The van der Waals surface area contributed by atoms with E-state index in [2.05, 4.69) is 110 Å². The van der Waals surface area contributed by atoms with Crippen LogP contribution in [0.3, 0.4) is 0 Å². The highest BCUT2D eigenvalue weighted by Crippen LogP contribution is 2.57. The second-order valence-corrected chi connectivity index (χ2v) is 10.7. The molecule has 1 unspecified atom stereocenters. The molecule has 11 rings (SSSR count). The molecule has 3 aromatic carbocycles. The van der Waals surface area contributed by atoms with Crippen molar-refractivity contribution in [1.82, 2.24) is 14.4 Å². The molecular formula is C33H17N5O+2. The monoisotopic (exact) mass is 499 g/mol. The zero-order valence-electron chi connectivity index (χ0n) is 20.5. The minimum Gasteiger partial charge on any atom is -0.456 e. The van der Waals surface area contributed by atoms with E-state index in [4.69, 9.17) is 9.72 Å². The van der Waals surface area contributed by atoms with Crippen molar-refractivity contribution in [2.45, 2.75) is 5.66 Å². The lowest BCUT2D eigenvalue weighted by Gasteiger charge is -2.28. The molecule has 0 saturated heterocycles. The summed E-state index contributed by atoms with van der Waals surface area (Å²) in [5.41, 5.74) is 10.4. The Hall–Kier alpha value is -5.36. The van der Waals surface area contributed by atoms with Crippen LogP contribution in [0, 0.1) is 0 Å². The quantitative estimate of drug-likeness (QED) is 0.155. The average molecular weight is 500 g/mol. The number of aromatic nitrogens is 5. The molecule has 8 aromatic rings. The van der Waals surface area contributed by atoms with E-state index in [0.717, 1.165) is 50.1 Å². The van der Waals surface area contributed by atoms with Gasteiger partial charge in [-0.25, -0.2) is 9.97 Å². The molecule has 0 bridgehead atoms. The van der Waals surface area contributed by atoms with E-state index >= 15 is 0 Å². The summed E-state index contributed by atoms with van der Waals surface area (Å²) in [6.07, 6.45) is 4.04. The topological polar surface area (TPSA) is 47.2 Å². The average Bonchev–Trinajstić information content (AvgIpc) is 3.60. The van der Waals surface area contributed by atoms with Gasteiger partial charge in [-0.1, -0.05) is 18.2 Å². The van der Waals surface area contributed by atoms with Gasteiger partial charge in [-0.15, -0.1) is 9.13 Å². The van der Waals surface area contributed by atoms with Gasteiger partial charge < -0.3 is 4.74 Å². The number of benzene rings is 3. The van der Waals surface area contributed by atoms with Gasteiger partial charge in [-0.2, -0.15) is 4.40 Å². The van der Waals surface area contributed by atoms with E-state index in [1.54, 1.807) is 0 Å². The van der Waals surface area contributed by atoms with Gasteiger partial charge in [0.15, 0.2) is 28.4 Å². The van der Waals surface area contributed by atoms with Gasteiger partial charge in [0.1, 0.15) is 28.1 Å². The van der Waals surface area contributed by atoms with Crippen molar-refractivity contribution in [3.05, 3.63) is 115 Å². The third-order valence-corrected chi connectivity index (χ3v) is 8.99. The Bertz CT molecular complexity index is 2490. The van der Waals surface area contributed by atoms with E-state index in [1.807, 2.05) is 12.3 Å². The number of hydrogen-bond acceptors (Lipinski definition) is 3. The largest absolute Gasteiger partial charge is 0.456 e. The number of rotatable bonds is 0. The SMILES string of the molecule is c1cc2c3c(c1)-c1cccc[n+]1C31c3c(ccc4c5nc6ncccc6cc5n5c6ccccc6[n+]1c5c34)O2. The zero-order valence-corrected chi connectivity index (χ0v) is 20.5. The first kappa shape index (κ1) is 18.8. The van der Waals surface area contributed by atoms with E-state index in [9.17, 15) is 0 Å². The van der Waals surface area contributed by atoms with E-state index < -0.39 is 5.66 Å². The molecule has 0 fully saturated rings. The van der Waals surface area contributed by atoms with Crippen LogP contribution in [0.2, 0.25) is 0 Å². The van der Waals surface area contributed by atoms with Crippen molar-refractivity contribution in [3.63, 3.8) is 0 Å². The molecule has 39 heavy (non-hydrogen) atoms. The molecule has 6 nitrogen and oxygen atoms in total. The normalized spacial score (nSPS) is 17.5. The molecule has 0 N–H and O–H groups in total. The fourth-order valence-electron chi connectivity index (χ4n) is 7.72. The highest BCUT2D eigenvalue weighted by atomic mass is 16.5. The molecule has 1 spiro atoms. The first-order valence-corrected chi connectivity index (χ1v) is 13.2. The predicted octanol–water partition coefficient (Wildman–Crippen LogP) is 5.61. The fourth-order valence-corrected chi connectivity index (χ4v) is 7.72. The van der Waals surface area contributed by atoms with Gasteiger partial charge in [-0.3, -0.25) is 0 Å². The summed E-state index contributed by atoms with van der Waals surface area (Å²) in [7, 11) is 0. The molecular weight excluding hydrogens is 482 g/mol. The van der Waals surface area contributed by atoms with Crippen LogP contribution in [0.5, 0.6) is 11.5 Å². The zero-order chi connectivity index (χ0) is 25.0. The molecule has 3 aliphatic heterocycles. The maximum Gasteiger partial charge on any atom is 0.372 e. The maximum atomic E-state index is 6.71. The molecule has 6 heteroatoms. The summed E-state index contributed by atoms with van der Waals surface area (Å²) in [6.45, 7) is 0. The molecule has 8 heterocycles. The molecule has 1 atom stereocenters. The van der Waals surface area contributed by atoms with E-state index in [-0.39, 0.29) is 0 Å². The van der Waals surface area contributed by atoms with Crippen molar-refractivity contribution in [1.29, 1.82) is 0 Å². The van der Waals surface area contributed by atoms with Crippen molar-refractivity contribution < 1.29 is 13.9 Å². The Morgan fingerprint density at radius 1 is 0.795 bits per heavy atom. The smallest absolute Gasteiger partial charge is 0.372 e. The molecule has 0 radical (unpaired) electrons. The third kappa shape index (κ3) is 1.80. The second kappa shape index (κ2) is 5.87. The lowest BCUT2D eigenvalue weighted by molar-refractivity contribution is -0.940. The van der Waals surface area contributed by atoms with Gasteiger partial charge in [0.2, 0.25) is 5.69 Å². The Balaban J connectivity index is 1.52. The lowest BCUT2D eigenvalue weighted by atomic mass is 9.86. The maximum absolute atomic E-state index is 6.71. The van der Waals surface area contributed by atoms with Crippen LogP contribution in [-0.2, 0) is 5.66 Å². The first-order valence-electron chi connectivity index (χ1n) is 13.2. The highest BCUT2D eigenvalue weighted by molar-refractivity contribution is 6.16.